The van der Waals surface area contributed by atoms with E-state index in [0.29, 0.717) is 21.6 Å². The predicted octanol–water partition coefficient (Wildman–Crippen LogP) is 6.70. The molecule has 178 valence electrons. The summed E-state index contributed by atoms with van der Waals surface area (Å²) in [7, 11) is 1.93. The molecule has 36 heavy (non-hydrogen) atoms. The van der Waals surface area contributed by atoms with Gasteiger partial charge in [0.1, 0.15) is 4.87 Å². The average Bonchev–Trinajstić information content (AvgIpc) is 3.48. The molecule has 0 amide bonds. The summed E-state index contributed by atoms with van der Waals surface area (Å²) in [4.78, 5) is 3.30. The number of rotatable bonds is 4. The third-order valence-electron chi connectivity index (χ3n) is 6.46. The zero-order valence-corrected chi connectivity index (χ0v) is 21.3. The number of benzene rings is 3. The fourth-order valence-corrected chi connectivity index (χ4v) is 5.49. The Labute approximate surface area is 221 Å². The van der Waals surface area contributed by atoms with E-state index < -0.39 is 4.87 Å². The molecule has 0 saturated carbocycles. The van der Waals surface area contributed by atoms with E-state index in [1.165, 1.54) is 0 Å². The predicted molar refractivity (Wildman–Crippen MR) is 146 cm³/mol. The third kappa shape index (κ3) is 3.53. The van der Waals surface area contributed by atoms with Gasteiger partial charge >= 0.3 is 0 Å². The number of hydrogen-bond donors (Lipinski definition) is 1. The van der Waals surface area contributed by atoms with Gasteiger partial charge in [0.2, 0.25) is 5.95 Å². The Morgan fingerprint density at radius 2 is 1.64 bits per heavy atom. The van der Waals surface area contributed by atoms with Crippen LogP contribution in [0, 0.1) is 0 Å². The van der Waals surface area contributed by atoms with Gasteiger partial charge in [-0.3, -0.25) is 4.40 Å². The molecule has 0 aliphatic rings. The molecule has 1 atom stereocenters. The van der Waals surface area contributed by atoms with Gasteiger partial charge in [-0.15, -0.1) is 21.8 Å². The minimum absolute atomic E-state index is 0.307. The van der Waals surface area contributed by atoms with E-state index >= 15 is 0 Å². The van der Waals surface area contributed by atoms with Crippen LogP contribution in [-0.2, 0) is 11.9 Å². The van der Waals surface area contributed by atoms with Crippen molar-refractivity contribution in [1.29, 1.82) is 0 Å². The monoisotopic (exact) mass is 532 g/mol. The highest BCUT2D eigenvalue weighted by molar-refractivity contribution is 6.31. The molecule has 6 nitrogen and oxygen atoms in total. The Bertz CT molecular complexity index is 1760. The smallest absolute Gasteiger partial charge is 0.226 e. The topological polar surface area (TPSA) is 74.0 Å². The third-order valence-corrected chi connectivity index (χ3v) is 7.58. The standard InChI is InChI=1S/C27H19Cl3N6/c1-35-15-32-14-24(35)27(30,17-5-8-19(28)9-6-17)18-7-10-23-22(12-18)21(16-3-2-4-20(29)11-16)13-25-33-34-26(31)36(23)25/h2-15H,1H3,(H2,31,34). The van der Waals surface area contributed by atoms with Gasteiger partial charge in [0.05, 0.1) is 23.7 Å². The van der Waals surface area contributed by atoms with Crippen LogP contribution < -0.4 is 5.73 Å². The minimum Gasteiger partial charge on any atom is -0.368 e. The van der Waals surface area contributed by atoms with Crippen LogP contribution in [0.25, 0.3) is 27.7 Å². The molecule has 2 N–H and O–H groups in total. The lowest BCUT2D eigenvalue weighted by molar-refractivity contribution is 0.746. The number of aryl methyl sites for hydroxylation is 1. The lowest BCUT2D eigenvalue weighted by Crippen LogP contribution is -2.25. The number of halogens is 3. The zero-order valence-electron chi connectivity index (χ0n) is 19.0. The van der Waals surface area contributed by atoms with E-state index in [9.17, 15) is 0 Å². The summed E-state index contributed by atoms with van der Waals surface area (Å²) >= 11 is 20.1. The highest BCUT2D eigenvalue weighted by Crippen LogP contribution is 2.45. The number of aromatic nitrogens is 5. The van der Waals surface area contributed by atoms with Gasteiger partial charge in [0.25, 0.3) is 0 Å². The second-order valence-corrected chi connectivity index (χ2v) is 10.0. The summed E-state index contributed by atoms with van der Waals surface area (Å²) in [6.07, 6.45) is 3.52. The van der Waals surface area contributed by atoms with Gasteiger partial charge in [-0.05, 0) is 64.7 Å². The van der Waals surface area contributed by atoms with Gasteiger partial charge in [-0.1, -0.05) is 53.5 Å². The largest absolute Gasteiger partial charge is 0.368 e. The number of fused-ring (bicyclic) bond motifs is 3. The summed E-state index contributed by atoms with van der Waals surface area (Å²) in [5.74, 6) is 0.307. The second-order valence-electron chi connectivity index (χ2n) is 8.61. The molecule has 0 fully saturated rings. The Kier molecular flexibility index (Phi) is 5.41. The number of imidazole rings is 1. The minimum atomic E-state index is -1.04. The number of hydrogen-bond acceptors (Lipinski definition) is 4. The first kappa shape index (κ1) is 22.9. The van der Waals surface area contributed by atoms with Gasteiger partial charge in [0, 0.05) is 22.5 Å². The summed E-state index contributed by atoms with van der Waals surface area (Å²) in [6, 6.07) is 23.3. The van der Waals surface area contributed by atoms with Crippen molar-refractivity contribution in [3.63, 3.8) is 0 Å². The van der Waals surface area contributed by atoms with E-state index in [0.717, 1.165) is 38.9 Å². The van der Waals surface area contributed by atoms with Crippen LogP contribution >= 0.6 is 34.8 Å². The van der Waals surface area contributed by atoms with Crippen LogP contribution in [-0.4, -0.2) is 24.1 Å². The Morgan fingerprint density at radius 3 is 2.36 bits per heavy atom. The number of anilines is 1. The first-order chi connectivity index (χ1) is 17.4. The first-order valence-electron chi connectivity index (χ1n) is 11.1. The van der Waals surface area contributed by atoms with Crippen molar-refractivity contribution >= 4 is 57.3 Å². The quantitative estimate of drug-likeness (QED) is 0.256. The van der Waals surface area contributed by atoms with Gasteiger partial charge < -0.3 is 10.3 Å². The fourth-order valence-electron chi connectivity index (χ4n) is 4.74. The van der Waals surface area contributed by atoms with Crippen LogP contribution in [0.1, 0.15) is 16.8 Å². The number of pyridine rings is 1. The molecular formula is C27H19Cl3N6. The van der Waals surface area contributed by atoms with Crippen molar-refractivity contribution in [2.24, 2.45) is 7.05 Å². The lowest BCUT2D eigenvalue weighted by atomic mass is 9.86. The normalized spacial score (nSPS) is 13.3. The lowest BCUT2D eigenvalue weighted by Gasteiger charge is -2.29. The van der Waals surface area contributed by atoms with Crippen molar-refractivity contribution in [2.75, 3.05) is 5.73 Å². The molecule has 0 saturated heterocycles. The van der Waals surface area contributed by atoms with Crippen molar-refractivity contribution in [3.8, 4) is 11.1 Å². The summed E-state index contributed by atoms with van der Waals surface area (Å²) < 4.78 is 3.75. The van der Waals surface area contributed by atoms with E-state index in [1.54, 1.807) is 12.5 Å². The average molecular weight is 534 g/mol. The van der Waals surface area contributed by atoms with Crippen LogP contribution in [0.5, 0.6) is 0 Å². The summed E-state index contributed by atoms with van der Waals surface area (Å²) in [5.41, 5.74) is 12.1. The van der Waals surface area contributed by atoms with Crippen LogP contribution in [0.2, 0.25) is 10.0 Å². The van der Waals surface area contributed by atoms with Crippen LogP contribution in [0.4, 0.5) is 5.95 Å². The maximum Gasteiger partial charge on any atom is 0.226 e. The van der Waals surface area contributed by atoms with Crippen molar-refractivity contribution in [1.82, 2.24) is 24.1 Å². The van der Waals surface area contributed by atoms with E-state index in [1.807, 2.05) is 82.7 Å². The number of nitrogen functional groups attached to an aromatic ring is 1. The molecule has 6 rings (SSSR count). The van der Waals surface area contributed by atoms with Crippen molar-refractivity contribution in [3.05, 3.63) is 112 Å². The molecule has 3 aromatic heterocycles. The molecular weight excluding hydrogens is 515 g/mol. The molecule has 3 aromatic carbocycles. The number of nitrogens with two attached hydrogens (primary N) is 1. The maximum atomic E-state index is 7.59. The van der Waals surface area contributed by atoms with Crippen molar-refractivity contribution in [2.45, 2.75) is 4.87 Å². The molecule has 0 aliphatic carbocycles. The Hall–Kier alpha value is -3.58. The molecule has 1 unspecified atom stereocenters. The van der Waals surface area contributed by atoms with E-state index in [2.05, 4.69) is 21.2 Å². The molecule has 3 heterocycles. The highest BCUT2D eigenvalue weighted by atomic mass is 35.5. The summed E-state index contributed by atoms with van der Waals surface area (Å²) in [6.45, 7) is 0. The van der Waals surface area contributed by atoms with Gasteiger partial charge in [0.15, 0.2) is 5.65 Å². The zero-order chi connectivity index (χ0) is 25.0. The van der Waals surface area contributed by atoms with Crippen molar-refractivity contribution < 1.29 is 0 Å². The van der Waals surface area contributed by atoms with E-state index in [-0.39, 0.29) is 0 Å². The second kappa shape index (κ2) is 8.52. The maximum absolute atomic E-state index is 7.59. The SMILES string of the molecule is Cn1cncc1C(Cl)(c1ccc(Cl)cc1)c1ccc2c(c1)c(-c1cccc(Cl)c1)cc1nnc(N)n12. The molecule has 0 aliphatic heterocycles. The van der Waals surface area contributed by atoms with E-state index in [4.69, 9.17) is 40.5 Å². The molecule has 6 aromatic rings. The highest BCUT2D eigenvalue weighted by Gasteiger charge is 2.37. The molecule has 0 radical (unpaired) electrons. The number of nitrogens with zero attached hydrogens (tertiary/aromatic N) is 5. The molecule has 0 bridgehead atoms. The number of alkyl halides is 1. The van der Waals surface area contributed by atoms with Crippen LogP contribution in [0.3, 0.4) is 0 Å². The molecule has 9 heteroatoms. The van der Waals surface area contributed by atoms with Crippen LogP contribution in [0.15, 0.2) is 85.3 Å². The van der Waals surface area contributed by atoms with Gasteiger partial charge in [-0.2, -0.15) is 0 Å². The Morgan fingerprint density at radius 1 is 0.861 bits per heavy atom. The molecule has 0 spiro atoms. The van der Waals surface area contributed by atoms with Gasteiger partial charge in [-0.25, -0.2) is 4.98 Å². The fraction of sp³-hybridized carbons (Fsp3) is 0.0741. The summed E-state index contributed by atoms with van der Waals surface area (Å²) in [5, 5.41) is 10.6. The Balaban J connectivity index is 1.70. The first-order valence-corrected chi connectivity index (χ1v) is 12.2.